The summed E-state index contributed by atoms with van der Waals surface area (Å²) in [5.74, 6) is 0.515. The fourth-order valence-electron chi connectivity index (χ4n) is 2.48. The van der Waals surface area contributed by atoms with Crippen LogP contribution in [0.4, 0.5) is 0 Å². The van der Waals surface area contributed by atoms with E-state index in [2.05, 4.69) is 41.5 Å². The first-order valence-electron chi connectivity index (χ1n) is 7.26. The molecule has 0 unspecified atom stereocenters. The van der Waals surface area contributed by atoms with Gasteiger partial charge in [0.15, 0.2) is 0 Å². The fraction of sp³-hybridized carbons (Fsp3) is 0.647. The van der Waals surface area contributed by atoms with Crippen LogP contribution >= 0.6 is 0 Å². The molecule has 0 saturated carbocycles. The van der Waals surface area contributed by atoms with Crippen molar-refractivity contribution in [2.45, 2.75) is 54.4 Å². The summed E-state index contributed by atoms with van der Waals surface area (Å²) in [6.45, 7) is 12.5. The predicted octanol–water partition coefficient (Wildman–Crippen LogP) is 4.11. The third-order valence-corrected chi connectivity index (χ3v) is 3.31. The van der Waals surface area contributed by atoms with Crippen LogP contribution in [-0.2, 0) is 9.59 Å². The Labute approximate surface area is 117 Å². The second kappa shape index (κ2) is 6.31. The van der Waals surface area contributed by atoms with E-state index in [9.17, 15) is 9.59 Å². The molecule has 0 N–H and O–H groups in total. The topological polar surface area (TPSA) is 34.1 Å². The maximum absolute atomic E-state index is 12.3. The van der Waals surface area contributed by atoms with E-state index in [-0.39, 0.29) is 17.5 Å². The smallest absolute Gasteiger partial charge is 0.229 e. The van der Waals surface area contributed by atoms with Gasteiger partial charge < -0.3 is 0 Å². The average molecular weight is 262 g/mol. The Morgan fingerprint density at radius 3 is 1.79 bits per heavy atom. The van der Waals surface area contributed by atoms with Crippen LogP contribution in [0.3, 0.4) is 0 Å². The molecule has 0 heterocycles. The zero-order valence-corrected chi connectivity index (χ0v) is 13.0. The summed E-state index contributed by atoms with van der Waals surface area (Å²) in [5.41, 5.74) is 2.49. The standard InChI is InChI=1S/C17H26O2/c1-10(2)7-13-9-14(12(5)6)15(8-11(3)4)17(19)16(13)18/h9-12H,7-8H2,1-6H3. The van der Waals surface area contributed by atoms with Gasteiger partial charge in [0.05, 0.1) is 0 Å². The average Bonchev–Trinajstić information content (AvgIpc) is 2.27. The lowest BCUT2D eigenvalue weighted by Crippen LogP contribution is -2.26. The minimum Gasteiger partial charge on any atom is -0.285 e. The van der Waals surface area contributed by atoms with E-state index in [1.54, 1.807) is 0 Å². The van der Waals surface area contributed by atoms with Gasteiger partial charge in [-0.05, 0) is 36.2 Å². The normalized spacial score (nSPS) is 17.0. The van der Waals surface area contributed by atoms with Crippen molar-refractivity contribution in [3.63, 3.8) is 0 Å². The molecule has 0 radical (unpaired) electrons. The Morgan fingerprint density at radius 2 is 1.37 bits per heavy atom. The van der Waals surface area contributed by atoms with Crippen molar-refractivity contribution < 1.29 is 9.59 Å². The van der Waals surface area contributed by atoms with Crippen LogP contribution in [-0.4, -0.2) is 11.6 Å². The zero-order chi connectivity index (χ0) is 14.7. The van der Waals surface area contributed by atoms with Gasteiger partial charge in [-0.15, -0.1) is 0 Å². The molecule has 0 aromatic heterocycles. The number of hydrogen-bond donors (Lipinski definition) is 0. The molecule has 0 spiro atoms. The third kappa shape index (κ3) is 3.89. The van der Waals surface area contributed by atoms with E-state index in [4.69, 9.17) is 0 Å². The Hall–Kier alpha value is -1.18. The van der Waals surface area contributed by atoms with Crippen LogP contribution in [0.25, 0.3) is 0 Å². The van der Waals surface area contributed by atoms with Gasteiger partial charge in [0.2, 0.25) is 11.6 Å². The maximum atomic E-state index is 12.3. The van der Waals surface area contributed by atoms with Crippen molar-refractivity contribution in [2.24, 2.45) is 17.8 Å². The molecule has 106 valence electrons. The molecule has 1 aliphatic rings. The minimum atomic E-state index is -0.284. The molecule has 2 nitrogen and oxygen atoms in total. The fourth-order valence-corrected chi connectivity index (χ4v) is 2.48. The number of carbonyl (C=O) groups is 2. The molecule has 0 aromatic rings. The van der Waals surface area contributed by atoms with Gasteiger partial charge in [0.1, 0.15) is 0 Å². The monoisotopic (exact) mass is 262 g/mol. The van der Waals surface area contributed by atoms with E-state index < -0.39 is 0 Å². The SMILES string of the molecule is CC(C)CC1=CC(C(C)C)=C(CC(C)C)C(=O)C1=O. The molecule has 1 aliphatic carbocycles. The van der Waals surface area contributed by atoms with Crippen LogP contribution < -0.4 is 0 Å². The van der Waals surface area contributed by atoms with Crippen molar-refractivity contribution in [3.05, 3.63) is 22.8 Å². The second-order valence-electron chi connectivity index (χ2n) is 6.61. The molecule has 19 heavy (non-hydrogen) atoms. The molecule has 0 atom stereocenters. The van der Waals surface area contributed by atoms with Gasteiger partial charge in [0.25, 0.3) is 0 Å². The van der Waals surface area contributed by atoms with E-state index in [0.29, 0.717) is 30.3 Å². The largest absolute Gasteiger partial charge is 0.285 e. The first-order valence-corrected chi connectivity index (χ1v) is 7.26. The first kappa shape index (κ1) is 15.9. The number of ketones is 2. The summed E-state index contributed by atoms with van der Waals surface area (Å²) in [6, 6.07) is 0. The highest BCUT2D eigenvalue weighted by molar-refractivity contribution is 6.50. The first-order chi connectivity index (χ1) is 8.73. The summed E-state index contributed by atoms with van der Waals surface area (Å²) in [4.78, 5) is 24.5. The summed E-state index contributed by atoms with van der Waals surface area (Å²) in [5, 5.41) is 0. The minimum absolute atomic E-state index is 0.268. The zero-order valence-electron chi connectivity index (χ0n) is 13.0. The van der Waals surface area contributed by atoms with Gasteiger partial charge in [-0.2, -0.15) is 0 Å². The molecule has 2 heteroatoms. The summed E-state index contributed by atoms with van der Waals surface area (Å²) < 4.78 is 0. The van der Waals surface area contributed by atoms with Gasteiger partial charge in [0, 0.05) is 11.1 Å². The molecule has 1 rings (SSSR count). The Bertz CT molecular complexity index is 434. The number of Topliss-reactive ketones (excluding diaryl/α,β-unsaturated/α-hetero) is 2. The van der Waals surface area contributed by atoms with Crippen molar-refractivity contribution in [3.8, 4) is 0 Å². The summed E-state index contributed by atoms with van der Waals surface area (Å²) in [7, 11) is 0. The van der Waals surface area contributed by atoms with Crippen LogP contribution in [0.1, 0.15) is 54.4 Å². The van der Waals surface area contributed by atoms with E-state index in [0.717, 1.165) is 11.1 Å². The number of carbonyl (C=O) groups excluding carboxylic acids is 2. The molecule has 0 saturated heterocycles. The van der Waals surface area contributed by atoms with Gasteiger partial charge in [-0.1, -0.05) is 47.6 Å². The van der Waals surface area contributed by atoms with E-state index in [1.807, 2.05) is 6.08 Å². The lowest BCUT2D eigenvalue weighted by molar-refractivity contribution is -0.132. The van der Waals surface area contributed by atoms with Crippen LogP contribution in [0.2, 0.25) is 0 Å². The highest BCUT2D eigenvalue weighted by Crippen LogP contribution is 2.30. The molecule has 0 bridgehead atoms. The highest BCUT2D eigenvalue weighted by atomic mass is 16.2. The number of allylic oxidation sites excluding steroid dienone is 4. The molecular weight excluding hydrogens is 236 g/mol. The van der Waals surface area contributed by atoms with Crippen LogP contribution in [0.15, 0.2) is 22.8 Å². The predicted molar refractivity (Wildman–Crippen MR) is 78.9 cm³/mol. The summed E-state index contributed by atoms with van der Waals surface area (Å²) >= 11 is 0. The van der Waals surface area contributed by atoms with Gasteiger partial charge in [-0.3, -0.25) is 9.59 Å². The highest BCUT2D eigenvalue weighted by Gasteiger charge is 2.30. The van der Waals surface area contributed by atoms with Crippen molar-refractivity contribution >= 4 is 11.6 Å². The lowest BCUT2D eigenvalue weighted by Gasteiger charge is -2.22. The molecule has 0 aromatic carbocycles. The lowest BCUT2D eigenvalue weighted by atomic mass is 9.80. The van der Waals surface area contributed by atoms with E-state index >= 15 is 0 Å². The molecule has 0 amide bonds. The Balaban J connectivity index is 3.24. The Kier molecular flexibility index (Phi) is 5.28. The third-order valence-electron chi connectivity index (χ3n) is 3.31. The second-order valence-corrected chi connectivity index (χ2v) is 6.61. The van der Waals surface area contributed by atoms with Crippen molar-refractivity contribution in [1.82, 2.24) is 0 Å². The van der Waals surface area contributed by atoms with Crippen LogP contribution in [0.5, 0.6) is 0 Å². The number of rotatable bonds is 5. The van der Waals surface area contributed by atoms with Gasteiger partial charge in [-0.25, -0.2) is 0 Å². The molecular formula is C17H26O2. The van der Waals surface area contributed by atoms with Crippen LogP contribution in [0, 0.1) is 17.8 Å². The van der Waals surface area contributed by atoms with Crippen molar-refractivity contribution in [2.75, 3.05) is 0 Å². The molecule has 0 aliphatic heterocycles. The van der Waals surface area contributed by atoms with Crippen molar-refractivity contribution in [1.29, 1.82) is 0 Å². The molecule has 0 fully saturated rings. The summed E-state index contributed by atoms with van der Waals surface area (Å²) in [6.07, 6.45) is 3.37. The number of hydrogen-bond acceptors (Lipinski definition) is 2. The Morgan fingerprint density at radius 1 is 0.842 bits per heavy atom. The quantitative estimate of drug-likeness (QED) is 0.552. The maximum Gasteiger partial charge on any atom is 0.229 e. The van der Waals surface area contributed by atoms with Gasteiger partial charge >= 0.3 is 0 Å². The van der Waals surface area contributed by atoms with E-state index in [1.165, 1.54) is 0 Å².